The third kappa shape index (κ3) is 7.76. The Morgan fingerprint density at radius 3 is 2.70 bits per heavy atom. The van der Waals surface area contributed by atoms with E-state index in [1.165, 1.54) is 12.5 Å². The quantitative estimate of drug-likeness (QED) is 0.448. The molecule has 1 aliphatic heterocycles. The molecule has 1 aromatic carbocycles. The number of alkyl halides is 3. The summed E-state index contributed by atoms with van der Waals surface area (Å²) in [6, 6.07) is 5.34. The molecule has 27 heavy (non-hydrogen) atoms. The van der Waals surface area contributed by atoms with Gasteiger partial charge in [0.15, 0.2) is 5.96 Å². The fourth-order valence-corrected chi connectivity index (χ4v) is 3.10. The molecule has 8 heteroatoms. The van der Waals surface area contributed by atoms with E-state index in [-0.39, 0.29) is 0 Å². The topological polar surface area (TPSA) is 42.9 Å². The number of benzene rings is 1. The summed E-state index contributed by atoms with van der Waals surface area (Å²) in [7, 11) is 3.82. The number of guanidine groups is 1. The summed E-state index contributed by atoms with van der Waals surface area (Å²) in [5.74, 6) is 0.600. The second-order valence-corrected chi connectivity index (χ2v) is 6.90. The van der Waals surface area contributed by atoms with Crippen molar-refractivity contribution in [2.75, 3.05) is 53.4 Å². The molecule has 2 N–H and O–H groups in total. The Morgan fingerprint density at radius 2 is 1.96 bits per heavy atom. The van der Waals surface area contributed by atoms with Crippen molar-refractivity contribution in [3.8, 4) is 0 Å². The fourth-order valence-electron chi connectivity index (χ4n) is 3.10. The molecule has 5 nitrogen and oxygen atoms in total. The molecule has 1 fully saturated rings. The average Bonchev–Trinajstić information content (AvgIpc) is 2.85. The Balaban J connectivity index is 1.70. The Hall–Kier alpha value is -1.80. The van der Waals surface area contributed by atoms with Crippen LogP contribution in [0.15, 0.2) is 29.3 Å². The third-order valence-corrected chi connectivity index (χ3v) is 4.69. The van der Waals surface area contributed by atoms with Crippen LogP contribution in [0.4, 0.5) is 13.2 Å². The Labute approximate surface area is 159 Å². The maximum Gasteiger partial charge on any atom is 0.416 e. The number of hydrogen-bond donors (Lipinski definition) is 2. The van der Waals surface area contributed by atoms with Crippen molar-refractivity contribution < 1.29 is 13.2 Å². The minimum atomic E-state index is -4.32. The highest BCUT2D eigenvalue weighted by atomic mass is 19.4. The lowest BCUT2D eigenvalue weighted by atomic mass is 10.1. The summed E-state index contributed by atoms with van der Waals surface area (Å²) in [4.78, 5) is 8.97. The summed E-state index contributed by atoms with van der Waals surface area (Å²) in [6.45, 7) is 6.59. The molecular weight excluding hydrogens is 355 g/mol. The highest BCUT2D eigenvalue weighted by Crippen LogP contribution is 2.29. The summed E-state index contributed by atoms with van der Waals surface area (Å²) in [5.41, 5.74) is -0.0608. The molecule has 152 valence electrons. The van der Waals surface area contributed by atoms with Gasteiger partial charge in [0.2, 0.25) is 0 Å². The first-order chi connectivity index (χ1) is 12.9. The van der Waals surface area contributed by atoms with Gasteiger partial charge >= 0.3 is 6.18 Å². The van der Waals surface area contributed by atoms with Crippen LogP contribution in [0.3, 0.4) is 0 Å². The zero-order valence-electron chi connectivity index (χ0n) is 16.1. The Morgan fingerprint density at radius 1 is 1.15 bits per heavy atom. The van der Waals surface area contributed by atoms with Crippen LogP contribution in [-0.2, 0) is 12.7 Å². The predicted octanol–water partition coefficient (Wildman–Crippen LogP) is 2.40. The number of hydrogen-bond acceptors (Lipinski definition) is 3. The predicted molar refractivity (Wildman–Crippen MR) is 103 cm³/mol. The second-order valence-electron chi connectivity index (χ2n) is 6.90. The SMILES string of the molecule is CN=C(NCCCN1CCCN(C)CC1)NCc1cccc(C(F)(F)F)c1. The number of halogens is 3. The van der Waals surface area contributed by atoms with Gasteiger partial charge in [0.25, 0.3) is 0 Å². The molecule has 0 aliphatic carbocycles. The van der Waals surface area contributed by atoms with Crippen molar-refractivity contribution in [1.29, 1.82) is 0 Å². The van der Waals surface area contributed by atoms with Crippen molar-refractivity contribution in [3.05, 3.63) is 35.4 Å². The van der Waals surface area contributed by atoms with Crippen LogP contribution in [0.5, 0.6) is 0 Å². The lowest BCUT2D eigenvalue weighted by molar-refractivity contribution is -0.137. The summed E-state index contributed by atoms with van der Waals surface area (Å²) >= 11 is 0. The molecule has 0 unspecified atom stereocenters. The Bertz CT molecular complexity index is 603. The number of nitrogens with zero attached hydrogens (tertiary/aromatic N) is 3. The van der Waals surface area contributed by atoms with Gasteiger partial charge in [-0.2, -0.15) is 13.2 Å². The van der Waals surface area contributed by atoms with E-state index in [9.17, 15) is 13.2 Å². The molecule has 0 saturated carbocycles. The maximum absolute atomic E-state index is 12.8. The number of likely N-dealkylation sites (N-methyl/N-ethyl adjacent to an activating group) is 1. The van der Waals surface area contributed by atoms with Gasteiger partial charge in [0, 0.05) is 33.2 Å². The van der Waals surface area contributed by atoms with Gasteiger partial charge in [0.05, 0.1) is 5.56 Å². The monoisotopic (exact) mass is 385 g/mol. The van der Waals surface area contributed by atoms with Crippen molar-refractivity contribution >= 4 is 5.96 Å². The molecule has 0 bridgehead atoms. The zero-order chi connectivity index (χ0) is 19.7. The first-order valence-corrected chi connectivity index (χ1v) is 9.40. The lowest BCUT2D eigenvalue weighted by Gasteiger charge is -2.20. The third-order valence-electron chi connectivity index (χ3n) is 4.69. The van der Waals surface area contributed by atoms with E-state index < -0.39 is 11.7 Å². The number of aliphatic imine (C=N–C) groups is 1. The molecule has 0 aromatic heterocycles. The van der Waals surface area contributed by atoms with E-state index in [4.69, 9.17) is 0 Å². The molecule has 1 heterocycles. The van der Waals surface area contributed by atoms with Crippen molar-refractivity contribution in [2.45, 2.75) is 25.6 Å². The van der Waals surface area contributed by atoms with Gasteiger partial charge in [0.1, 0.15) is 0 Å². The van der Waals surface area contributed by atoms with Gasteiger partial charge in [-0.15, -0.1) is 0 Å². The van der Waals surface area contributed by atoms with Crippen molar-refractivity contribution in [1.82, 2.24) is 20.4 Å². The molecule has 0 atom stereocenters. The summed E-state index contributed by atoms with van der Waals surface area (Å²) in [6.07, 6.45) is -2.13. The van der Waals surface area contributed by atoms with Crippen LogP contribution in [0.2, 0.25) is 0 Å². The minimum absolute atomic E-state index is 0.294. The van der Waals surface area contributed by atoms with Crippen molar-refractivity contribution in [2.24, 2.45) is 4.99 Å². The smallest absolute Gasteiger partial charge is 0.356 e. The van der Waals surface area contributed by atoms with Crippen LogP contribution in [0, 0.1) is 0 Å². The fraction of sp³-hybridized carbons (Fsp3) is 0.632. The van der Waals surface area contributed by atoms with E-state index in [0.29, 0.717) is 18.1 Å². The molecule has 1 aromatic rings. The van der Waals surface area contributed by atoms with E-state index >= 15 is 0 Å². The van der Waals surface area contributed by atoms with E-state index in [1.54, 1.807) is 13.1 Å². The molecule has 2 rings (SSSR count). The standard InChI is InChI=1S/C19H30F3N5/c1-23-18(24-8-4-10-27-11-5-9-26(2)12-13-27)25-15-16-6-3-7-17(14-16)19(20,21)22/h3,6-7,14H,4-5,8-13,15H2,1-2H3,(H2,23,24,25). The molecule has 0 amide bonds. The normalized spacial score (nSPS) is 17.6. The maximum atomic E-state index is 12.8. The van der Waals surface area contributed by atoms with Crippen molar-refractivity contribution in [3.63, 3.8) is 0 Å². The van der Waals surface area contributed by atoms with E-state index in [0.717, 1.165) is 57.8 Å². The first kappa shape index (κ1) is 21.5. The second kappa shape index (κ2) is 10.5. The van der Waals surface area contributed by atoms with Crippen LogP contribution < -0.4 is 10.6 Å². The summed E-state index contributed by atoms with van der Waals surface area (Å²) in [5, 5.41) is 6.30. The number of nitrogens with one attached hydrogen (secondary N) is 2. The van der Waals surface area contributed by atoms with Crippen LogP contribution in [0.25, 0.3) is 0 Å². The lowest BCUT2D eigenvalue weighted by Crippen LogP contribution is -2.38. The van der Waals surface area contributed by atoms with Gasteiger partial charge < -0.3 is 20.4 Å². The molecule has 1 saturated heterocycles. The van der Waals surface area contributed by atoms with Crippen LogP contribution >= 0.6 is 0 Å². The van der Waals surface area contributed by atoms with Gasteiger partial charge in [-0.3, -0.25) is 4.99 Å². The van der Waals surface area contributed by atoms with E-state index in [1.807, 2.05) is 0 Å². The first-order valence-electron chi connectivity index (χ1n) is 9.40. The van der Waals surface area contributed by atoms with Gasteiger partial charge in [-0.05, 0) is 57.2 Å². The van der Waals surface area contributed by atoms with Crippen LogP contribution in [-0.4, -0.2) is 69.1 Å². The summed E-state index contributed by atoms with van der Waals surface area (Å²) < 4.78 is 38.3. The average molecular weight is 385 g/mol. The Kier molecular flexibility index (Phi) is 8.37. The number of rotatable bonds is 6. The molecule has 0 spiro atoms. The van der Waals surface area contributed by atoms with Gasteiger partial charge in [-0.1, -0.05) is 12.1 Å². The zero-order valence-corrected chi connectivity index (χ0v) is 16.1. The minimum Gasteiger partial charge on any atom is -0.356 e. The van der Waals surface area contributed by atoms with Crippen LogP contribution in [0.1, 0.15) is 24.0 Å². The molecule has 0 radical (unpaired) electrons. The molecular formula is C19H30F3N5. The highest BCUT2D eigenvalue weighted by Gasteiger charge is 2.30. The van der Waals surface area contributed by atoms with Gasteiger partial charge in [-0.25, -0.2) is 0 Å². The van der Waals surface area contributed by atoms with E-state index in [2.05, 4.69) is 32.5 Å². The largest absolute Gasteiger partial charge is 0.416 e. The highest BCUT2D eigenvalue weighted by molar-refractivity contribution is 5.79. The molecule has 1 aliphatic rings.